The van der Waals surface area contributed by atoms with Crippen molar-refractivity contribution in [3.63, 3.8) is 0 Å². The second kappa shape index (κ2) is 5.94. The third kappa shape index (κ3) is 3.22. The Balaban J connectivity index is 2.30. The van der Waals surface area contributed by atoms with Gasteiger partial charge in [0, 0.05) is 10.1 Å². The van der Waals surface area contributed by atoms with Gasteiger partial charge in [0.1, 0.15) is 11.6 Å². The second-order valence-corrected chi connectivity index (χ2v) is 7.55. The summed E-state index contributed by atoms with van der Waals surface area (Å²) in [7, 11) is 0. The summed E-state index contributed by atoms with van der Waals surface area (Å²) in [5.74, 6) is -0.0174. The highest BCUT2D eigenvalue weighted by Crippen LogP contribution is 2.26. The van der Waals surface area contributed by atoms with Gasteiger partial charge in [-0.05, 0) is 60.1 Å². The van der Waals surface area contributed by atoms with Gasteiger partial charge in [-0.3, -0.25) is 9.59 Å². The van der Waals surface area contributed by atoms with Crippen LogP contribution in [0.4, 0.5) is 0 Å². The molecule has 1 aliphatic rings. The highest BCUT2D eigenvalue weighted by atomic mass is 127. The van der Waals surface area contributed by atoms with E-state index in [9.17, 15) is 9.59 Å². The average molecular weight is 400 g/mol. The third-order valence-corrected chi connectivity index (χ3v) is 4.69. The van der Waals surface area contributed by atoms with Crippen LogP contribution >= 0.6 is 22.6 Å². The molecule has 2 amide bonds. The molecule has 1 N–H and O–H groups in total. The topological polar surface area (TPSA) is 49.4 Å². The fraction of sp³-hybridized carbons (Fsp3) is 0.500. The first-order chi connectivity index (χ1) is 9.73. The Morgan fingerprint density at radius 1 is 1.24 bits per heavy atom. The van der Waals surface area contributed by atoms with E-state index in [1.54, 1.807) is 18.7 Å². The number of piperazine rings is 1. The lowest BCUT2D eigenvalue weighted by atomic mass is 9.91. The van der Waals surface area contributed by atoms with Gasteiger partial charge in [-0.25, -0.2) is 0 Å². The molecule has 21 heavy (non-hydrogen) atoms. The van der Waals surface area contributed by atoms with Gasteiger partial charge in [0.05, 0.1) is 0 Å². The van der Waals surface area contributed by atoms with Crippen LogP contribution in [0.3, 0.4) is 0 Å². The van der Waals surface area contributed by atoms with E-state index in [0.717, 1.165) is 9.13 Å². The van der Waals surface area contributed by atoms with Crippen molar-refractivity contribution in [2.75, 3.05) is 0 Å². The van der Waals surface area contributed by atoms with Gasteiger partial charge in [0.2, 0.25) is 11.8 Å². The zero-order valence-electron chi connectivity index (χ0n) is 12.8. The monoisotopic (exact) mass is 400 g/mol. The molecular formula is C16H21IN2O2. The first kappa shape index (κ1) is 16.3. The van der Waals surface area contributed by atoms with E-state index < -0.39 is 11.6 Å². The van der Waals surface area contributed by atoms with Crippen molar-refractivity contribution in [2.24, 2.45) is 5.92 Å². The molecule has 2 rings (SSSR count). The highest BCUT2D eigenvalue weighted by molar-refractivity contribution is 14.1. The molecule has 0 spiro atoms. The van der Waals surface area contributed by atoms with Gasteiger partial charge < -0.3 is 10.2 Å². The molecule has 0 aromatic heterocycles. The third-order valence-electron chi connectivity index (χ3n) is 3.97. The van der Waals surface area contributed by atoms with Gasteiger partial charge in [-0.1, -0.05) is 26.0 Å². The summed E-state index contributed by atoms with van der Waals surface area (Å²) < 4.78 is 1.15. The number of carbonyl (C=O) groups excluding carboxylic acids is 2. The SMILES string of the molecule is CC(C)C1NC(=O)C(C)(C)N(Cc2ccc(I)cc2)C1=O. The fourth-order valence-corrected chi connectivity index (χ4v) is 2.80. The van der Waals surface area contributed by atoms with Crippen LogP contribution in [0.1, 0.15) is 33.3 Å². The van der Waals surface area contributed by atoms with Crippen molar-refractivity contribution < 1.29 is 9.59 Å². The molecule has 0 saturated carbocycles. The Kier molecular flexibility index (Phi) is 4.60. The average Bonchev–Trinajstić information content (AvgIpc) is 2.41. The van der Waals surface area contributed by atoms with Gasteiger partial charge in [0.25, 0.3) is 0 Å². The van der Waals surface area contributed by atoms with Crippen molar-refractivity contribution in [3.8, 4) is 0 Å². The van der Waals surface area contributed by atoms with Crippen molar-refractivity contribution in [3.05, 3.63) is 33.4 Å². The van der Waals surface area contributed by atoms with Crippen LogP contribution in [-0.4, -0.2) is 28.3 Å². The van der Waals surface area contributed by atoms with Crippen molar-refractivity contribution in [1.29, 1.82) is 0 Å². The molecule has 114 valence electrons. The Morgan fingerprint density at radius 2 is 1.81 bits per heavy atom. The summed E-state index contributed by atoms with van der Waals surface area (Å²) in [6.45, 7) is 7.95. The minimum Gasteiger partial charge on any atom is -0.342 e. The van der Waals surface area contributed by atoms with Crippen LogP contribution in [0.2, 0.25) is 0 Å². The van der Waals surface area contributed by atoms with E-state index in [1.165, 1.54) is 0 Å². The van der Waals surface area contributed by atoms with E-state index in [1.807, 2.05) is 38.1 Å². The summed E-state index contributed by atoms with van der Waals surface area (Å²) in [4.78, 5) is 26.7. The summed E-state index contributed by atoms with van der Waals surface area (Å²) in [6.07, 6.45) is 0. The number of carbonyl (C=O) groups is 2. The van der Waals surface area contributed by atoms with Crippen LogP contribution in [-0.2, 0) is 16.1 Å². The smallest absolute Gasteiger partial charge is 0.246 e. The van der Waals surface area contributed by atoms with Crippen LogP contribution in [0.15, 0.2) is 24.3 Å². The second-order valence-electron chi connectivity index (χ2n) is 6.31. The van der Waals surface area contributed by atoms with Gasteiger partial charge in [-0.15, -0.1) is 0 Å². The molecule has 1 aliphatic heterocycles. The number of nitrogens with zero attached hydrogens (tertiary/aromatic N) is 1. The normalized spacial score (nSPS) is 21.6. The van der Waals surface area contributed by atoms with Gasteiger partial charge in [0.15, 0.2) is 0 Å². The van der Waals surface area contributed by atoms with Gasteiger partial charge in [-0.2, -0.15) is 0 Å². The zero-order chi connectivity index (χ0) is 15.8. The van der Waals surface area contributed by atoms with E-state index in [4.69, 9.17) is 0 Å². The standard InChI is InChI=1S/C16H21IN2O2/c1-10(2)13-14(20)19(16(3,4)15(21)18-13)9-11-5-7-12(17)8-6-11/h5-8,10,13H,9H2,1-4H3,(H,18,21). The lowest BCUT2D eigenvalue weighted by molar-refractivity contribution is -0.157. The molecule has 1 heterocycles. The maximum Gasteiger partial charge on any atom is 0.246 e. The number of benzene rings is 1. The molecule has 4 nitrogen and oxygen atoms in total. The number of amides is 2. The Hall–Kier alpha value is -1.11. The first-order valence-corrected chi connectivity index (χ1v) is 8.18. The van der Waals surface area contributed by atoms with E-state index >= 15 is 0 Å². The largest absolute Gasteiger partial charge is 0.342 e. The van der Waals surface area contributed by atoms with Crippen molar-refractivity contribution in [2.45, 2.75) is 45.8 Å². The quantitative estimate of drug-likeness (QED) is 0.793. The molecule has 0 bridgehead atoms. The van der Waals surface area contributed by atoms with E-state index in [0.29, 0.717) is 6.54 Å². The van der Waals surface area contributed by atoms with Crippen LogP contribution in [0.5, 0.6) is 0 Å². The van der Waals surface area contributed by atoms with E-state index in [2.05, 4.69) is 27.9 Å². The number of hydrogen-bond donors (Lipinski definition) is 1. The number of rotatable bonds is 3. The lowest BCUT2D eigenvalue weighted by Gasteiger charge is -2.45. The number of halogens is 1. The lowest BCUT2D eigenvalue weighted by Crippen LogP contribution is -2.69. The predicted octanol–water partition coefficient (Wildman–Crippen LogP) is 2.55. The summed E-state index contributed by atoms with van der Waals surface area (Å²) in [6, 6.07) is 7.59. The van der Waals surface area contributed by atoms with Gasteiger partial charge >= 0.3 is 0 Å². The summed E-state index contributed by atoms with van der Waals surface area (Å²) in [5, 5.41) is 2.85. The molecule has 1 aromatic carbocycles. The number of nitrogens with one attached hydrogen (secondary N) is 1. The molecule has 1 fully saturated rings. The first-order valence-electron chi connectivity index (χ1n) is 7.10. The molecule has 5 heteroatoms. The Bertz CT molecular complexity index is 552. The minimum atomic E-state index is -0.828. The number of hydrogen-bond acceptors (Lipinski definition) is 2. The maximum atomic E-state index is 12.7. The minimum absolute atomic E-state index is 0.00634. The van der Waals surface area contributed by atoms with Crippen LogP contribution < -0.4 is 5.32 Å². The highest BCUT2D eigenvalue weighted by Gasteiger charge is 2.46. The van der Waals surface area contributed by atoms with Crippen molar-refractivity contribution in [1.82, 2.24) is 10.2 Å². The molecule has 1 atom stereocenters. The van der Waals surface area contributed by atoms with Crippen LogP contribution in [0.25, 0.3) is 0 Å². The zero-order valence-corrected chi connectivity index (χ0v) is 15.0. The Morgan fingerprint density at radius 3 is 2.33 bits per heavy atom. The summed E-state index contributed by atoms with van der Waals surface area (Å²) in [5.41, 5.74) is 0.208. The van der Waals surface area contributed by atoms with Crippen LogP contribution in [0, 0.1) is 9.49 Å². The Labute approximate surface area is 139 Å². The van der Waals surface area contributed by atoms with E-state index in [-0.39, 0.29) is 17.7 Å². The molecular weight excluding hydrogens is 379 g/mol. The maximum absolute atomic E-state index is 12.7. The molecule has 1 aromatic rings. The fourth-order valence-electron chi connectivity index (χ4n) is 2.45. The molecule has 0 radical (unpaired) electrons. The predicted molar refractivity (Wildman–Crippen MR) is 90.6 cm³/mol. The summed E-state index contributed by atoms with van der Waals surface area (Å²) >= 11 is 2.25. The van der Waals surface area contributed by atoms with Crippen molar-refractivity contribution >= 4 is 34.4 Å². The molecule has 0 aliphatic carbocycles. The molecule has 1 unspecified atom stereocenters. The molecule has 1 saturated heterocycles.